The molecule has 2 fully saturated rings. The highest BCUT2D eigenvalue weighted by molar-refractivity contribution is 7.87. The molecule has 2 aliphatic carbocycles. The third-order valence-corrected chi connectivity index (χ3v) is 12.6. The van der Waals surface area contributed by atoms with Crippen LogP contribution in [0, 0.1) is 5.62 Å². The summed E-state index contributed by atoms with van der Waals surface area (Å²) in [5, 5.41) is 1.59. The molecular weight excluding hydrogens is 343 g/mol. The Labute approximate surface area is 161 Å². The number of halogens is 1. The van der Waals surface area contributed by atoms with Crippen molar-refractivity contribution in [2.24, 2.45) is 0 Å². The van der Waals surface area contributed by atoms with Gasteiger partial charge in [-0.2, -0.15) is 0 Å². The molecule has 1 aromatic rings. The maximum absolute atomic E-state index is 6.78. The maximum Gasteiger partial charge on any atom is 0.0664 e. The average molecular weight is 379 g/mol. The molecule has 0 aliphatic heterocycles. The monoisotopic (exact) mass is 378 g/mol. The number of hydrogen-bond acceptors (Lipinski definition) is 0. The van der Waals surface area contributed by atoms with E-state index in [-0.39, 0.29) is 5.41 Å². The first-order valence-corrected chi connectivity index (χ1v) is 12.9. The van der Waals surface area contributed by atoms with Gasteiger partial charge in [0.25, 0.3) is 0 Å². The van der Waals surface area contributed by atoms with Gasteiger partial charge in [-0.3, -0.25) is 0 Å². The third kappa shape index (κ3) is 4.11. The van der Waals surface area contributed by atoms with Gasteiger partial charge in [-0.1, -0.05) is 58.6 Å². The predicted molar refractivity (Wildman–Crippen MR) is 116 cm³/mol. The van der Waals surface area contributed by atoms with Crippen LogP contribution in [-0.2, 0) is 5.41 Å². The molecule has 2 saturated carbocycles. The molecule has 3 rings (SSSR count). The van der Waals surface area contributed by atoms with E-state index in [9.17, 15) is 0 Å². The fourth-order valence-corrected chi connectivity index (χ4v) is 11.4. The molecule has 140 valence electrons. The van der Waals surface area contributed by atoms with Gasteiger partial charge in [0.15, 0.2) is 0 Å². The van der Waals surface area contributed by atoms with Crippen molar-refractivity contribution < 1.29 is 0 Å². The van der Waals surface area contributed by atoms with E-state index in [0.717, 1.165) is 11.3 Å². The van der Waals surface area contributed by atoms with Crippen LogP contribution in [0.25, 0.3) is 0 Å². The van der Waals surface area contributed by atoms with E-state index in [1.54, 1.807) is 5.30 Å². The van der Waals surface area contributed by atoms with Gasteiger partial charge in [0.05, 0.1) is 5.30 Å². The van der Waals surface area contributed by atoms with Gasteiger partial charge in [-0.15, -0.1) is 0 Å². The Bertz CT molecular complexity index is 512. The van der Waals surface area contributed by atoms with Gasteiger partial charge in [0.1, 0.15) is 0 Å². The van der Waals surface area contributed by atoms with Crippen molar-refractivity contribution >= 4 is 24.2 Å². The van der Waals surface area contributed by atoms with Crippen molar-refractivity contribution in [2.45, 2.75) is 102 Å². The molecule has 2 aliphatic rings. The second kappa shape index (κ2) is 8.31. The number of rotatable bonds is 4. The second-order valence-electron chi connectivity index (χ2n) is 9.31. The van der Waals surface area contributed by atoms with Crippen LogP contribution in [0.2, 0.25) is 0 Å². The Morgan fingerprint density at radius 1 is 0.800 bits per heavy atom. The molecule has 0 atom stereocenters. The minimum absolute atomic E-state index is 0.222. The molecule has 0 nitrogen and oxygen atoms in total. The summed E-state index contributed by atoms with van der Waals surface area (Å²) in [6, 6.07) is 9.68. The Balaban J connectivity index is 1.99. The van der Waals surface area contributed by atoms with E-state index in [1.807, 2.05) is 0 Å². The molecule has 0 spiro atoms. The molecule has 25 heavy (non-hydrogen) atoms. The summed E-state index contributed by atoms with van der Waals surface area (Å²) in [4.78, 5) is 0. The van der Waals surface area contributed by atoms with E-state index in [1.165, 1.54) is 69.8 Å². The Hall–Kier alpha value is -0.0600. The highest BCUT2D eigenvalue weighted by Crippen LogP contribution is 2.74. The molecule has 0 heterocycles. The van der Waals surface area contributed by atoms with E-state index >= 15 is 0 Å². The largest absolute Gasteiger partial charge is 0.304 e. The third-order valence-electron chi connectivity index (χ3n) is 6.70. The molecule has 0 bridgehead atoms. The SMILES string of the molecule is CC(C)(C)c1ccc([P+]([CH-]Cl)(C2CCCCC2)C2CCCCC2)cc1. The maximum atomic E-state index is 6.78. The molecule has 0 amide bonds. The van der Waals surface area contributed by atoms with Crippen LogP contribution in [0.3, 0.4) is 0 Å². The van der Waals surface area contributed by atoms with E-state index in [0.29, 0.717) is 0 Å². The minimum atomic E-state index is -1.41. The number of hydrogen-bond donors (Lipinski definition) is 0. The lowest BCUT2D eigenvalue weighted by molar-refractivity contribution is 0.483. The fourth-order valence-electron chi connectivity index (χ4n) is 5.17. The van der Waals surface area contributed by atoms with Gasteiger partial charge in [0, 0.05) is 11.3 Å². The average Bonchev–Trinajstić information content (AvgIpc) is 2.64. The number of benzene rings is 1. The van der Waals surface area contributed by atoms with Gasteiger partial charge >= 0.3 is 0 Å². The highest BCUT2D eigenvalue weighted by Gasteiger charge is 2.47. The standard InChI is InChI=1S/C23H36ClP/c1-23(2,3)19-14-16-22(17-15-19)25(18-24,20-10-6-4-7-11-20)21-12-8-5-9-13-21/h14-18,20-21H,4-13H2,1-3H3. The van der Waals surface area contributed by atoms with Crippen molar-refractivity contribution in [1.29, 1.82) is 0 Å². The van der Waals surface area contributed by atoms with Crippen LogP contribution in [0.4, 0.5) is 0 Å². The Morgan fingerprint density at radius 2 is 1.24 bits per heavy atom. The van der Waals surface area contributed by atoms with Crippen molar-refractivity contribution in [3.8, 4) is 0 Å². The topological polar surface area (TPSA) is 0 Å². The molecule has 0 unspecified atom stereocenters. The second-order valence-corrected chi connectivity index (χ2v) is 13.7. The van der Waals surface area contributed by atoms with Gasteiger partial charge in [-0.25, -0.2) is 0 Å². The zero-order valence-electron chi connectivity index (χ0n) is 16.4. The highest BCUT2D eigenvalue weighted by atomic mass is 35.5. The molecular formula is C23H36ClP. The quantitative estimate of drug-likeness (QED) is 0.372. The smallest absolute Gasteiger partial charge is 0.0664 e. The summed E-state index contributed by atoms with van der Waals surface area (Å²) >= 11 is 6.78. The van der Waals surface area contributed by atoms with Crippen molar-refractivity contribution in [3.63, 3.8) is 0 Å². The molecule has 0 aromatic heterocycles. The molecule has 0 radical (unpaired) electrons. The van der Waals surface area contributed by atoms with Crippen LogP contribution in [0.1, 0.15) is 90.5 Å². The minimum Gasteiger partial charge on any atom is -0.304 e. The van der Waals surface area contributed by atoms with Crippen molar-refractivity contribution in [2.75, 3.05) is 0 Å². The van der Waals surface area contributed by atoms with Crippen LogP contribution in [0.5, 0.6) is 0 Å². The molecule has 0 saturated heterocycles. The van der Waals surface area contributed by atoms with Crippen molar-refractivity contribution in [3.05, 3.63) is 35.5 Å². The van der Waals surface area contributed by atoms with Gasteiger partial charge in [-0.05, 0) is 74.5 Å². The van der Waals surface area contributed by atoms with Crippen LogP contribution in [-0.4, -0.2) is 11.3 Å². The molecule has 1 aromatic carbocycles. The first kappa shape index (κ1) is 19.7. The normalized spacial score (nSPS) is 21.4. The van der Waals surface area contributed by atoms with Crippen molar-refractivity contribution in [1.82, 2.24) is 0 Å². The summed E-state index contributed by atoms with van der Waals surface area (Å²) < 4.78 is 0. The van der Waals surface area contributed by atoms with E-state index in [2.05, 4.69) is 50.7 Å². The van der Waals surface area contributed by atoms with Crippen LogP contribution < -0.4 is 5.30 Å². The first-order chi connectivity index (χ1) is 12.0. The Kier molecular flexibility index (Phi) is 6.55. The zero-order valence-corrected chi connectivity index (χ0v) is 18.1. The lowest BCUT2D eigenvalue weighted by atomic mass is 9.87. The summed E-state index contributed by atoms with van der Waals surface area (Å²) in [6.45, 7) is 6.92. The van der Waals surface area contributed by atoms with E-state index in [4.69, 9.17) is 11.6 Å². The summed E-state index contributed by atoms with van der Waals surface area (Å²) in [5.41, 5.74) is 5.55. The zero-order chi connectivity index (χ0) is 17.9. The fraction of sp³-hybridized carbons (Fsp3) is 0.696. The lowest BCUT2D eigenvalue weighted by Crippen LogP contribution is -2.34. The van der Waals surface area contributed by atoms with Gasteiger partial charge in [0.2, 0.25) is 0 Å². The first-order valence-electron chi connectivity index (χ1n) is 10.4. The van der Waals surface area contributed by atoms with Crippen LogP contribution >= 0.6 is 18.9 Å². The summed E-state index contributed by atoms with van der Waals surface area (Å²) in [6.07, 6.45) is 14.1. The lowest BCUT2D eigenvalue weighted by Gasteiger charge is -2.48. The Morgan fingerprint density at radius 3 is 1.60 bits per heavy atom. The molecule has 0 N–H and O–H groups in total. The van der Waals surface area contributed by atoms with Crippen LogP contribution in [0.15, 0.2) is 24.3 Å². The summed E-state index contributed by atoms with van der Waals surface area (Å²) in [7, 11) is -1.41. The van der Waals surface area contributed by atoms with E-state index < -0.39 is 7.26 Å². The van der Waals surface area contributed by atoms with Gasteiger partial charge < -0.3 is 11.6 Å². The summed E-state index contributed by atoms with van der Waals surface area (Å²) in [5.74, 6) is 0. The predicted octanol–water partition coefficient (Wildman–Crippen LogP) is 7.65. The molecule has 2 heteroatoms.